The molecule has 1 aliphatic heterocycles. The Morgan fingerprint density at radius 1 is 1.71 bits per heavy atom. The molecule has 0 spiro atoms. The van der Waals surface area contributed by atoms with E-state index in [2.05, 4.69) is 6.92 Å². The smallest absolute Gasteiger partial charge is 0.0663 e. The van der Waals surface area contributed by atoms with Crippen molar-refractivity contribution in [3.05, 3.63) is 0 Å². The highest BCUT2D eigenvalue weighted by Crippen LogP contribution is 2.25. The molecular weight excluding hydrogens is 108 g/mol. The minimum absolute atomic E-state index is 0.0231. The first kappa shape index (κ1) is 5.45. The third kappa shape index (κ3) is 1.10. The van der Waals surface area contributed by atoms with Gasteiger partial charge >= 0.3 is 0 Å². The van der Waals surface area contributed by atoms with E-state index in [0.29, 0.717) is 5.25 Å². The number of hydrogen-bond acceptors (Lipinski definition) is 2. The van der Waals surface area contributed by atoms with E-state index in [1.807, 2.05) is 11.8 Å². The Kier molecular flexibility index (Phi) is 1.60. The Morgan fingerprint density at radius 2 is 2.43 bits per heavy atom. The largest absolute Gasteiger partial charge is 0.392 e. The number of aliphatic hydroxyl groups is 1. The molecule has 7 heavy (non-hydrogen) atoms. The van der Waals surface area contributed by atoms with Crippen molar-refractivity contribution in [2.45, 2.75) is 24.7 Å². The van der Waals surface area contributed by atoms with Crippen molar-refractivity contribution in [3.8, 4) is 0 Å². The Labute approximate surface area is 48.1 Å². The van der Waals surface area contributed by atoms with E-state index in [9.17, 15) is 0 Å². The monoisotopic (exact) mass is 118 g/mol. The van der Waals surface area contributed by atoms with Gasteiger partial charge in [-0.15, -0.1) is 0 Å². The average Bonchev–Trinajstić information content (AvgIpc) is 1.91. The fraction of sp³-hybridized carbons (Fsp3) is 1.00. The molecule has 0 radical (unpaired) electrons. The van der Waals surface area contributed by atoms with Crippen molar-refractivity contribution in [1.29, 1.82) is 0 Å². The van der Waals surface area contributed by atoms with Crippen molar-refractivity contribution in [2.24, 2.45) is 0 Å². The lowest BCUT2D eigenvalue weighted by molar-refractivity contribution is 0.180. The van der Waals surface area contributed by atoms with Gasteiger partial charge in [0.2, 0.25) is 0 Å². The standard InChI is InChI=1S/C5H10OS/c1-4-5(6)2-3-7-4/h4-6H,2-3H2,1H3/t4?,5-/m0/s1. The topological polar surface area (TPSA) is 20.2 Å². The summed E-state index contributed by atoms with van der Waals surface area (Å²) in [4.78, 5) is 0. The van der Waals surface area contributed by atoms with Gasteiger partial charge in [-0.1, -0.05) is 6.92 Å². The molecule has 42 valence electrons. The molecule has 2 atom stereocenters. The highest BCUT2D eigenvalue weighted by Gasteiger charge is 2.20. The van der Waals surface area contributed by atoms with Crippen molar-refractivity contribution >= 4 is 11.8 Å². The quantitative estimate of drug-likeness (QED) is 0.509. The SMILES string of the molecule is CC1SCC[C@@H]1O. The highest BCUT2D eigenvalue weighted by molar-refractivity contribution is 8.00. The van der Waals surface area contributed by atoms with Gasteiger partial charge < -0.3 is 5.11 Å². The van der Waals surface area contributed by atoms with Gasteiger partial charge in [0.15, 0.2) is 0 Å². The van der Waals surface area contributed by atoms with E-state index >= 15 is 0 Å². The molecule has 0 aromatic rings. The van der Waals surface area contributed by atoms with Crippen LogP contribution in [0.1, 0.15) is 13.3 Å². The lowest BCUT2D eigenvalue weighted by Crippen LogP contribution is -2.11. The summed E-state index contributed by atoms with van der Waals surface area (Å²) in [6, 6.07) is 0. The van der Waals surface area contributed by atoms with Gasteiger partial charge in [0, 0.05) is 5.25 Å². The van der Waals surface area contributed by atoms with Crippen molar-refractivity contribution in [3.63, 3.8) is 0 Å². The van der Waals surface area contributed by atoms with Crippen LogP contribution in [0, 0.1) is 0 Å². The van der Waals surface area contributed by atoms with Gasteiger partial charge in [-0.05, 0) is 12.2 Å². The van der Waals surface area contributed by atoms with Crippen LogP contribution in [0.5, 0.6) is 0 Å². The molecule has 0 aromatic carbocycles. The van der Waals surface area contributed by atoms with Crippen LogP contribution in [-0.2, 0) is 0 Å². The second kappa shape index (κ2) is 2.05. The van der Waals surface area contributed by atoms with Crippen molar-refractivity contribution in [2.75, 3.05) is 5.75 Å². The van der Waals surface area contributed by atoms with Crippen LogP contribution in [0.3, 0.4) is 0 Å². The molecule has 0 aromatic heterocycles. The van der Waals surface area contributed by atoms with Crippen LogP contribution in [0.4, 0.5) is 0 Å². The van der Waals surface area contributed by atoms with E-state index < -0.39 is 0 Å². The third-order valence-corrected chi connectivity index (χ3v) is 2.65. The molecule has 1 fully saturated rings. The molecule has 1 rings (SSSR count). The number of aliphatic hydroxyl groups excluding tert-OH is 1. The fourth-order valence-corrected chi connectivity index (χ4v) is 1.83. The Bertz CT molecular complexity index is 57.1. The normalized spacial score (nSPS) is 42.0. The van der Waals surface area contributed by atoms with E-state index in [0.717, 1.165) is 12.2 Å². The lowest BCUT2D eigenvalue weighted by atomic mass is 10.2. The zero-order valence-corrected chi connectivity index (χ0v) is 5.24. The molecule has 1 unspecified atom stereocenters. The fourth-order valence-electron chi connectivity index (χ4n) is 0.720. The van der Waals surface area contributed by atoms with E-state index in [1.54, 1.807) is 0 Å². The summed E-state index contributed by atoms with van der Waals surface area (Å²) in [6.07, 6.45) is 0.969. The van der Waals surface area contributed by atoms with E-state index in [4.69, 9.17) is 5.11 Å². The lowest BCUT2D eigenvalue weighted by Gasteiger charge is -2.03. The van der Waals surface area contributed by atoms with Crippen LogP contribution >= 0.6 is 11.8 Å². The molecule has 1 nitrogen and oxygen atoms in total. The molecule has 0 aliphatic carbocycles. The van der Waals surface area contributed by atoms with Gasteiger partial charge in [0.25, 0.3) is 0 Å². The summed E-state index contributed by atoms with van der Waals surface area (Å²) in [5.74, 6) is 1.14. The molecule has 1 saturated heterocycles. The summed E-state index contributed by atoms with van der Waals surface area (Å²) in [6.45, 7) is 2.07. The zero-order valence-electron chi connectivity index (χ0n) is 4.42. The van der Waals surface area contributed by atoms with Crippen molar-refractivity contribution < 1.29 is 5.11 Å². The van der Waals surface area contributed by atoms with Crippen molar-refractivity contribution in [1.82, 2.24) is 0 Å². The number of thioether (sulfide) groups is 1. The van der Waals surface area contributed by atoms with Crippen LogP contribution in [-0.4, -0.2) is 22.2 Å². The van der Waals surface area contributed by atoms with Crippen LogP contribution in [0.15, 0.2) is 0 Å². The van der Waals surface area contributed by atoms with Crippen LogP contribution < -0.4 is 0 Å². The van der Waals surface area contributed by atoms with E-state index in [-0.39, 0.29) is 6.10 Å². The molecule has 1 N–H and O–H groups in total. The maximum Gasteiger partial charge on any atom is 0.0663 e. The first-order valence-corrected chi connectivity index (χ1v) is 3.65. The molecule has 0 saturated carbocycles. The minimum atomic E-state index is -0.0231. The van der Waals surface area contributed by atoms with Crippen LogP contribution in [0.25, 0.3) is 0 Å². The first-order chi connectivity index (χ1) is 3.30. The van der Waals surface area contributed by atoms with E-state index in [1.165, 1.54) is 0 Å². The minimum Gasteiger partial charge on any atom is -0.392 e. The zero-order chi connectivity index (χ0) is 5.28. The molecule has 0 bridgehead atoms. The third-order valence-electron chi connectivity index (χ3n) is 1.34. The highest BCUT2D eigenvalue weighted by atomic mass is 32.2. The Hall–Kier alpha value is 0.310. The second-order valence-electron chi connectivity index (χ2n) is 1.93. The van der Waals surface area contributed by atoms with Gasteiger partial charge in [-0.25, -0.2) is 0 Å². The summed E-state index contributed by atoms with van der Waals surface area (Å²) >= 11 is 1.86. The van der Waals surface area contributed by atoms with Gasteiger partial charge in [0.1, 0.15) is 0 Å². The Balaban J connectivity index is 2.33. The summed E-state index contributed by atoms with van der Waals surface area (Å²) in [5.41, 5.74) is 0. The molecular formula is C5H10OS. The maximum absolute atomic E-state index is 8.98. The number of rotatable bonds is 0. The molecule has 1 heterocycles. The average molecular weight is 118 g/mol. The molecule has 2 heteroatoms. The summed E-state index contributed by atoms with van der Waals surface area (Å²) in [7, 11) is 0. The van der Waals surface area contributed by atoms with Gasteiger partial charge in [-0.3, -0.25) is 0 Å². The van der Waals surface area contributed by atoms with Gasteiger partial charge in [-0.2, -0.15) is 11.8 Å². The van der Waals surface area contributed by atoms with Gasteiger partial charge in [0.05, 0.1) is 6.10 Å². The summed E-state index contributed by atoms with van der Waals surface area (Å²) < 4.78 is 0. The first-order valence-electron chi connectivity index (χ1n) is 2.60. The molecule has 1 aliphatic rings. The molecule has 0 amide bonds. The Morgan fingerprint density at radius 3 is 2.57 bits per heavy atom. The van der Waals surface area contributed by atoms with Crippen LogP contribution in [0.2, 0.25) is 0 Å². The predicted octanol–water partition coefficient (Wildman–Crippen LogP) is 0.873. The summed E-state index contributed by atoms with van der Waals surface area (Å²) in [5, 5.41) is 9.46. The predicted molar refractivity (Wildman–Crippen MR) is 32.5 cm³/mol. The second-order valence-corrected chi connectivity index (χ2v) is 3.42. The number of hydrogen-bond donors (Lipinski definition) is 1. The maximum atomic E-state index is 8.98.